The second-order valence-corrected chi connectivity index (χ2v) is 7.49. The van der Waals surface area contributed by atoms with Crippen LogP contribution in [0.5, 0.6) is 0 Å². The minimum atomic E-state index is -0.913. The average molecular weight is 435 g/mol. The Morgan fingerprint density at radius 1 is 1.28 bits per heavy atom. The molecule has 0 fully saturated rings. The Hall–Kier alpha value is -2.63. The number of furan rings is 1. The van der Waals surface area contributed by atoms with Crippen LogP contribution in [0.3, 0.4) is 0 Å². The van der Waals surface area contributed by atoms with E-state index in [0.29, 0.717) is 12.2 Å². The molecule has 3 aromatic rings. The molecule has 0 bridgehead atoms. The zero-order chi connectivity index (χ0) is 21.0. The van der Waals surface area contributed by atoms with E-state index in [-0.39, 0.29) is 39.0 Å². The van der Waals surface area contributed by atoms with Crippen LogP contribution in [-0.4, -0.2) is 9.97 Å². The van der Waals surface area contributed by atoms with Gasteiger partial charge in [0.1, 0.15) is 23.2 Å². The summed E-state index contributed by atoms with van der Waals surface area (Å²) in [4.78, 5) is 8.46. The van der Waals surface area contributed by atoms with Crippen LogP contribution in [0.1, 0.15) is 42.0 Å². The van der Waals surface area contributed by atoms with Gasteiger partial charge in [0.25, 0.3) is 0 Å². The van der Waals surface area contributed by atoms with Crippen molar-refractivity contribution >= 4 is 29.2 Å². The van der Waals surface area contributed by atoms with Gasteiger partial charge in [0.2, 0.25) is 0 Å². The highest BCUT2D eigenvalue weighted by atomic mass is 35.5. The second kappa shape index (κ2) is 9.25. The monoisotopic (exact) mass is 434 g/mol. The van der Waals surface area contributed by atoms with Gasteiger partial charge < -0.3 is 9.73 Å². The SMILES string of the molecule is CC[C@@H](Nc1nc(SCc2cccc(F)c2F)nc(Cl)c1C#N)c1ccc(C)o1. The van der Waals surface area contributed by atoms with Crippen LogP contribution >= 0.6 is 23.4 Å². The number of hydrogen-bond acceptors (Lipinski definition) is 6. The lowest BCUT2D eigenvalue weighted by Gasteiger charge is -2.17. The van der Waals surface area contributed by atoms with E-state index in [1.54, 1.807) is 0 Å². The molecule has 1 aromatic carbocycles. The Balaban J connectivity index is 1.86. The summed E-state index contributed by atoms with van der Waals surface area (Å²) in [6, 6.07) is 9.47. The fourth-order valence-corrected chi connectivity index (χ4v) is 3.75. The number of aryl methyl sites for hydroxylation is 1. The van der Waals surface area contributed by atoms with Gasteiger partial charge in [-0.3, -0.25) is 0 Å². The van der Waals surface area contributed by atoms with Gasteiger partial charge in [-0.2, -0.15) is 5.26 Å². The molecule has 0 aliphatic carbocycles. The maximum absolute atomic E-state index is 13.9. The zero-order valence-electron chi connectivity index (χ0n) is 15.7. The first-order valence-corrected chi connectivity index (χ1v) is 10.2. The number of halogens is 3. The fourth-order valence-electron chi connectivity index (χ4n) is 2.66. The molecule has 2 heterocycles. The Labute approximate surface area is 176 Å². The largest absolute Gasteiger partial charge is 0.464 e. The van der Waals surface area contributed by atoms with Crippen LogP contribution in [0.4, 0.5) is 14.6 Å². The van der Waals surface area contributed by atoms with E-state index in [2.05, 4.69) is 15.3 Å². The first kappa shape index (κ1) is 21.1. The quantitative estimate of drug-likeness (QED) is 0.277. The number of nitrogens with one attached hydrogen (secondary N) is 1. The molecule has 0 aliphatic rings. The van der Waals surface area contributed by atoms with Gasteiger partial charge in [-0.05, 0) is 31.5 Å². The first-order chi connectivity index (χ1) is 13.9. The lowest BCUT2D eigenvalue weighted by Crippen LogP contribution is -2.12. The van der Waals surface area contributed by atoms with Crippen molar-refractivity contribution in [3.8, 4) is 6.07 Å². The summed E-state index contributed by atoms with van der Waals surface area (Å²) in [6.45, 7) is 3.81. The van der Waals surface area contributed by atoms with Crippen LogP contribution in [-0.2, 0) is 5.75 Å². The number of anilines is 1. The minimum absolute atomic E-state index is 0.0160. The third-order valence-electron chi connectivity index (χ3n) is 4.17. The molecule has 1 N–H and O–H groups in total. The lowest BCUT2D eigenvalue weighted by atomic mass is 10.1. The molecule has 0 unspecified atom stereocenters. The summed E-state index contributed by atoms with van der Waals surface area (Å²) in [5.74, 6) is 0.0334. The smallest absolute Gasteiger partial charge is 0.191 e. The molecule has 0 spiro atoms. The molecule has 9 heteroatoms. The molecule has 0 saturated heterocycles. The number of benzene rings is 1. The summed E-state index contributed by atoms with van der Waals surface area (Å²) in [6.07, 6.45) is 0.677. The van der Waals surface area contributed by atoms with Crippen LogP contribution in [0.25, 0.3) is 0 Å². The normalized spacial score (nSPS) is 11.9. The standard InChI is InChI=1S/C20H17ClF2N4OS/c1-3-15(16-8-7-11(2)28-16)25-19-13(9-24)18(21)26-20(27-19)29-10-12-5-4-6-14(22)17(12)23/h4-8,15H,3,10H2,1-2H3,(H,25,26,27)/t15-/m1/s1. The number of hydrogen-bond donors (Lipinski definition) is 1. The maximum atomic E-state index is 13.9. The summed E-state index contributed by atoms with van der Waals surface area (Å²) in [5, 5.41) is 12.9. The highest BCUT2D eigenvalue weighted by Gasteiger charge is 2.20. The van der Waals surface area contributed by atoms with Crippen molar-refractivity contribution in [2.24, 2.45) is 0 Å². The minimum Gasteiger partial charge on any atom is -0.464 e. The maximum Gasteiger partial charge on any atom is 0.191 e. The molecule has 0 saturated carbocycles. The van der Waals surface area contributed by atoms with Crippen molar-refractivity contribution in [3.63, 3.8) is 0 Å². The third kappa shape index (κ3) is 4.86. The topological polar surface area (TPSA) is 74.7 Å². The number of rotatable bonds is 7. The van der Waals surface area contributed by atoms with Crippen molar-refractivity contribution in [2.45, 2.75) is 37.2 Å². The Bertz CT molecular complexity index is 1070. The first-order valence-electron chi connectivity index (χ1n) is 8.79. The predicted molar refractivity (Wildman–Crippen MR) is 108 cm³/mol. The van der Waals surface area contributed by atoms with Gasteiger partial charge in [0, 0.05) is 11.3 Å². The number of thioether (sulfide) groups is 1. The number of aromatic nitrogens is 2. The molecular formula is C20H17ClF2N4OS. The van der Waals surface area contributed by atoms with Gasteiger partial charge in [-0.1, -0.05) is 42.4 Å². The number of nitrogens with zero attached hydrogens (tertiary/aromatic N) is 3. The molecule has 0 aliphatic heterocycles. The summed E-state index contributed by atoms with van der Waals surface area (Å²) < 4.78 is 32.9. The molecule has 5 nitrogen and oxygen atoms in total. The third-order valence-corrected chi connectivity index (χ3v) is 5.34. The lowest BCUT2D eigenvalue weighted by molar-refractivity contribution is 0.452. The molecule has 2 aromatic heterocycles. The van der Waals surface area contributed by atoms with Gasteiger partial charge in [0.15, 0.2) is 27.8 Å². The van der Waals surface area contributed by atoms with Gasteiger partial charge in [0.05, 0.1) is 6.04 Å². The van der Waals surface area contributed by atoms with Crippen molar-refractivity contribution < 1.29 is 13.2 Å². The summed E-state index contributed by atoms with van der Waals surface area (Å²) in [5.41, 5.74) is 0.292. The van der Waals surface area contributed by atoms with E-state index >= 15 is 0 Å². The Morgan fingerprint density at radius 2 is 2.07 bits per heavy atom. The highest BCUT2D eigenvalue weighted by molar-refractivity contribution is 7.98. The fraction of sp³-hybridized carbons (Fsp3) is 0.250. The molecule has 0 amide bonds. The summed E-state index contributed by atoms with van der Waals surface area (Å²) in [7, 11) is 0. The van der Waals surface area contributed by atoms with Crippen molar-refractivity contribution in [2.75, 3.05) is 5.32 Å². The summed E-state index contributed by atoms with van der Waals surface area (Å²) >= 11 is 7.26. The van der Waals surface area contributed by atoms with E-state index < -0.39 is 11.6 Å². The molecule has 0 radical (unpaired) electrons. The highest BCUT2D eigenvalue weighted by Crippen LogP contribution is 2.31. The van der Waals surface area contributed by atoms with E-state index in [1.807, 2.05) is 32.0 Å². The molecule has 29 heavy (non-hydrogen) atoms. The molecular weight excluding hydrogens is 418 g/mol. The second-order valence-electron chi connectivity index (χ2n) is 6.19. The van der Waals surface area contributed by atoms with E-state index in [1.165, 1.54) is 12.1 Å². The Kier molecular flexibility index (Phi) is 6.72. The molecule has 3 rings (SSSR count). The van der Waals surface area contributed by atoms with Crippen LogP contribution in [0.2, 0.25) is 5.15 Å². The molecule has 150 valence electrons. The Morgan fingerprint density at radius 3 is 2.72 bits per heavy atom. The van der Waals surface area contributed by atoms with Gasteiger partial charge in [-0.25, -0.2) is 18.7 Å². The van der Waals surface area contributed by atoms with Crippen LogP contribution in [0.15, 0.2) is 39.9 Å². The van der Waals surface area contributed by atoms with E-state index in [4.69, 9.17) is 16.0 Å². The van der Waals surface area contributed by atoms with E-state index in [0.717, 1.165) is 23.6 Å². The van der Waals surface area contributed by atoms with Gasteiger partial charge >= 0.3 is 0 Å². The number of nitriles is 1. The van der Waals surface area contributed by atoms with Crippen molar-refractivity contribution in [1.29, 1.82) is 5.26 Å². The van der Waals surface area contributed by atoms with Crippen molar-refractivity contribution in [1.82, 2.24) is 9.97 Å². The van der Waals surface area contributed by atoms with Gasteiger partial charge in [-0.15, -0.1) is 0 Å². The van der Waals surface area contributed by atoms with Crippen LogP contribution in [0, 0.1) is 29.9 Å². The van der Waals surface area contributed by atoms with Crippen molar-refractivity contribution in [3.05, 3.63) is 69.8 Å². The average Bonchev–Trinajstić information content (AvgIpc) is 3.13. The molecule has 1 atom stereocenters. The van der Waals surface area contributed by atoms with E-state index in [9.17, 15) is 14.0 Å². The van der Waals surface area contributed by atoms with Crippen LogP contribution < -0.4 is 5.32 Å². The predicted octanol–water partition coefficient (Wildman–Crippen LogP) is 6.04. The zero-order valence-corrected chi connectivity index (χ0v) is 17.2.